The van der Waals surface area contributed by atoms with Gasteiger partial charge in [-0.25, -0.2) is 0 Å². The van der Waals surface area contributed by atoms with Crippen LogP contribution in [0.3, 0.4) is 0 Å². The number of aromatic nitrogens is 1. The van der Waals surface area contributed by atoms with E-state index in [0.717, 1.165) is 31.9 Å². The molecule has 1 unspecified atom stereocenters. The van der Waals surface area contributed by atoms with E-state index in [4.69, 9.17) is 16.3 Å². The van der Waals surface area contributed by atoms with Gasteiger partial charge in [-0.15, -0.1) is 0 Å². The molecule has 1 atom stereocenters. The van der Waals surface area contributed by atoms with E-state index < -0.39 is 17.7 Å². The van der Waals surface area contributed by atoms with Gasteiger partial charge in [0.1, 0.15) is 11.5 Å². The molecule has 9 heteroatoms. The van der Waals surface area contributed by atoms with Crippen LogP contribution in [-0.4, -0.2) is 67.0 Å². The number of hydrogen-bond donors (Lipinski definition) is 1. The number of piperazine rings is 1. The Labute approximate surface area is 220 Å². The van der Waals surface area contributed by atoms with E-state index in [1.54, 1.807) is 36.7 Å². The largest absolute Gasteiger partial charge is 0.507 e. The predicted octanol–water partition coefficient (Wildman–Crippen LogP) is 4.12. The van der Waals surface area contributed by atoms with Crippen molar-refractivity contribution >= 4 is 40.4 Å². The Kier molecular flexibility index (Phi) is 6.86. The molecule has 0 spiro atoms. The van der Waals surface area contributed by atoms with Crippen molar-refractivity contribution in [2.75, 3.05) is 50.1 Å². The number of halogens is 1. The zero-order valence-corrected chi connectivity index (χ0v) is 21.4. The van der Waals surface area contributed by atoms with Crippen LogP contribution in [0.2, 0.25) is 5.02 Å². The third-order valence-electron chi connectivity index (χ3n) is 6.87. The lowest BCUT2D eigenvalue weighted by Gasteiger charge is -2.34. The van der Waals surface area contributed by atoms with Gasteiger partial charge in [-0.3, -0.25) is 19.5 Å². The maximum absolute atomic E-state index is 13.4. The fourth-order valence-electron chi connectivity index (χ4n) is 4.81. The van der Waals surface area contributed by atoms with Crippen LogP contribution >= 0.6 is 11.6 Å². The molecule has 1 N–H and O–H groups in total. The molecule has 1 aromatic heterocycles. The summed E-state index contributed by atoms with van der Waals surface area (Å²) in [5, 5.41) is 11.6. The molecule has 5 rings (SSSR count). The number of nitrogens with zero attached hydrogens (tertiary/aromatic N) is 4. The topological polar surface area (TPSA) is 86.2 Å². The van der Waals surface area contributed by atoms with Crippen LogP contribution in [0.4, 0.5) is 11.4 Å². The van der Waals surface area contributed by atoms with Crippen LogP contribution in [0.15, 0.2) is 72.6 Å². The number of aliphatic hydroxyl groups excluding tert-OH is 1. The Bertz CT molecular complexity index is 1350. The number of amides is 1. The summed E-state index contributed by atoms with van der Waals surface area (Å²) < 4.78 is 5.19. The third kappa shape index (κ3) is 4.65. The summed E-state index contributed by atoms with van der Waals surface area (Å²) in [6.45, 7) is 3.79. The molecule has 37 heavy (non-hydrogen) atoms. The van der Waals surface area contributed by atoms with Gasteiger partial charge in [0.05, 0.1) is 23.7 Å². The second kappa shape index (κ2) is 10.2. The number of hydrogen-bond acceptors (Lipinski definition) is 7. The number of likely N-dealkylation sites (N-methyl/N-ethyl adjacent to an activating group) is 1. The number of Topliss-reactive ketones (excluding diaryl/α,β-unsaturated/α-hetero) is 1. The highest BCUT2D eigenvalue weighted by molar-refractivity contribution is 6.51. The smallest absolute Gasteiger partial charge is 0.300 e. The van der Waals surface area contributed by atoms with Gasteiger partial charge in [-0.2, -0.15) is 0 Å². The highest BCUT2D eigenvalue weighted by Crippen LogP contribution is 2.42. The van der Waals surface area contributed by atoms with E-state index in [-0.39, 0.29) is 16.4 Å². The molecule has 0 saturated carbocycles. The number of pyridine rings is 1. The van der Waals surface area contributed by atoms with Gasteiger partial charge in [0.25, 0.3) is 11.7 Å². The fraction of sp³-hybridized carbons (Fsp3) is 0.250. The minimum atomic E-state index is -0.857. The molecule has 3 aromatic rings. The highest BCUT2D eigenvalue weighted by Gasteiger charge is 2.47. The lowest BCUT2D eigenvalue weighted by molar-refractivity contribution is -0.132. The van der Waals surface area contributed by atoms with E-state index >= 15 is 0 Å². The molecule has 8 nitrogen and oxygen atoms in total. The van der Waals surface area contributed by atoms with Gasteiger partial charge in [-0.1, -0.05) is 17.7 Å². The molecule has 2 aromatic carbocycles. The van der Waals surface area contributed by atoms with Crippen molar-refractivity contribution in [1.82, 2.24) is 9.88 Å². The normalized spacial score (nSPS) is 19.9. The zero-order valence-electron chi connectivity index (χ0n) is 20.6. The van der Waals surface area contributed by atoms with Gasteiger partial charge in [0.15, 0.2) is 0 Å². The quantitative estimate of drug-likeness (QED) is 0.309. The second-order valence-corrected chi connectivity index (χ2v) is 9.52. The SMILES string of the molecule is COc1ccc(/C(O)=C2/C(=O)C(=O)N(c3ccc(N4CCN(C)CC4)cc3)C2c2cccnc2)cc1Cl. The number of ether oxygens (including phenoxy) is 1. The summed E-state index contributed by atoms with van der Waals surface area (Å²) in [6, 6.07) is 15.0. The summed E-state index contributed by atoms with van der Waals surface area (Å²) in [4.78, 5) is 36.9. The predicted molar refractivity (Wildman–Crippen MR) is 143 cm³/mol. The molecule has 2 aliphatic heterocycles. The van der Waals surface area contributed by atoms with Gasteiger partial charge < -0.3 is 19.6 Å². The lowest BCUT2D eigenvalue weighted by Crippen LogP contribution is -2.44. The molecule has 0 bridgehead atoms. The Morgan fingerprint density at radius 2 is 1.73 bits per heavy atom. The fourth-order valence-corrected chi connectivity index (χ4v) is 5.07. The molecule has 3 heterocycles. The van der Waals surface area contributed by atoms with Gasteiger partial charge in [0, 0.05) is 55.5 Å². The monoisotopic (exact) mass is 518 g/mol. The molecular weight excluding hydrogens is 492 g/mol. The van der Waals surface area contributed by atoms with Gasteiger partial charge in [-0.05, 0) is 61.1 Å². The zero-order chi connectivity index (χ0) is 26.1. The Morgan fingerprint density at radius 3 is 2.35 bits per heavy atom. The summed E-state index contributed by atoms with van der Waals surface area (Å²) in [5.74, 6) is -1.37. The van der Waals surface area contributed by atoms with Crippen LogP contribution in [0.25, 0.3) is 5.76 Å². The molecule has 0 radical (unpaired) electrons. The number of rotatable bonds is 5. The first kappa shape index (κ1) is 24.8. The van der Waals surface area contributed by atoms with Crippen LogP contribution in [0.5, 0.6) is 5.75 Å². The standard InChI is InChI=1S/C28H27ClN4O4/c1-31-12-14-32(15-13-31)20-6-8-21(9-7-20)33-25(19-4-3-11-30-17-19)24(27(35)28(33)36)26(34)18-5-10-23(37-2)22(29)16-18/h3-11,16-17,25,34H,12-15H2,1-2H3/b26-24-. The van der Waals surface area contributed by atoms with E-state index in [1.165, 1.54) is 18.1 Å². The number of methoxy groups -OCH3 is 1. The molecule has 1 amide bonds. The molecule has 190 valence electrons. The third-order valence-corrected chi connectivity index (χ3v) is 7.16. The maximum Gasteiger partial charge on any atom is 0.300 e. The first-order valence-electron chi connectivity index (χ1n) is 12.0. The van der Waals surface area contributed by atoms with Crippen molar-refractivity contribution in [3.05, 3.63) is 88.7 Å². The average Bonchev–Trinajstić information content (AvgIpc) is 3.19. The van der Waals surface area contributed by atoms with E-state index in [2.05, 4.69) is 21.8 Å². The van der Waals surface area contributed by atoms with E-state index in [0.29, 0.717) is 22.6 Å². The minimum absolute atomic E-state index is 0.0256. The number of aliphatic hydroxyl groups is 1. The van der Waals surface area contributed by atoms with Crippen LogP contribution in [0.1, 0.15) is 17.2 Å². The number of anilines is 2. The van der Waals surface area contributed by atoms with Gasteiger partial charge >= 0.3 is 0 Å². The summed E-state index contributed by atoms with van der Waals surface area (Å²) in [7, 11) is 3.60. The van der Waals surface area contributed by atoms with E-state index in [1.807, 2.05) is 24.3 Å². The van der Waals surface area contributed by atoms with Crippen LogP contribution < -0.4 is 14.5 Å². The number of benzene rings is 2. The molecule has 2 aliphatic rings. The average molecular weight is 519 g/mol. The van der Waals surface area contributed by atoms with Crippen LogP contribution in [0, 0.1) is 0 Å². The highest BCUT2D eigenvalue weighted by atomic mass is 35.5. The number of carbonyl (C=O) groups excluding carboxylic acids is 2. The number of ketones is 1. The lowest BCUT2D eigenvalue weighted by atomic mass is 9.96. The Balaban J connectivity index is 1.57. The van der Waals surface area contributed by atoms with Crippen molar-refractivity contribution in [2.45, 2.75) is 6.04 Å². The molecule has 0 aliphatic carbocycles. The van der Waals surface area contributed by atoms with Crippen molar-refractivity contribution < 1.29 is 19.4 Å². The molecular formula is C28H27ClN4O4. The van der Waals surface area contributed by atoms with Crippen molar-refractivity contribution in [2.24, 2.45) is 0 Å². The number of carbonyl (C=O) groups is 2. The maximum atomic E-state index is 13.4. The molecule has 2 saturated heterocycles. The van der Waals surface area contributed by atoms with Gasteiger partial charge in [0.2, 0.25) is 0 Å². The van der Waals surface area contributed by atoms with Crippen LogP contribution in [-0.2, 0) is 9.59 Å². The summed E-state index contributed by atoms with van der Waals surface area (Å²) in [6.07, 6.45) is 3.21. The van der Waals surface area contributed by atoms with E-state index in [9.17, 15) is 14.7 Å². The second-order valence-electron chi connectivity index (χ2n) is 9.11. The first-order valence-corrected chi connectivity index (χ1v) is 12.3. The Morgan fingerprint density at radius 1 is 1.03 bits per heavy atom. The Hall–Kier alpha value is -3.88. The van der Waals surface area contributed by atoms with Crippen molar-refractivity contribution in [1.29, 1.82) is 0 Å². The summed E-state index contributed by atoms with van der Waals surface area (Å²) in [5.41, 5.74) is 2.50. The van der Waals surface area contributed by atoms with Crippen molar-refractivity contribution in [3.63, 3.8) is 0 Å². The summed E-state index contributed by atoms with van der Waals surface area (Å²) >= 11 is 6.27. The molecule has 2 fully saturated rings. The van der Waals surface area contributed by atoms with Crippen molar-refractivity contribution in [3.8, 4) is 5.75 Å². The first-order chi connectivity index (χ1) is 17.9. The minimum Gasteiger partial charge on any atom is -0.507 e.